The van der Waals surface area contributed by atoms with Gasteiger partial charge in [-0.2, -0.15) is 0 Å². The second-order valence-electron chi connectivity index (χ2n) is 3.60. The summed E-state index contributed by atoms with van der Waals surface area (Å²) < 4.78 is 27.2. The molecule has 0 N–H and O–H groups in total. The Bertz CT molecular complexity index is 410. The third-order valence-corrected chi connectivity index (χ3v) is 3.04. The van der Waals surface area contributed by atoms with E-state index in [0.29, 0.717) is 13.0 Å². The van der Waals surface area contributed by atoms with Gasteiger partial charge >= 0.3 is 0 Å². The van der Waals surface area contributed by atoms with E-state index in [0.717, 1.165) is 11.3 Å². The van der Waals surface area contributed by atoms with Crippen LogP contribution < -0.4 is 4.74 Å². The predicted molar refractivity (Wildman–Crippen MR) is 61.0 cm³/mol. The van der Waals surface area contributed by atoms with E-state index in [9.17, 15) is 8.42 Å². The molecule has 1 aromatic rings. The van der Waals surface area contributed by atoms with Crippen molar-refractivity contribution in [2.45, 2.75) is 13.3 Å². The molecule has 15 heavy (non-hydrogen) atoms. The molecule has 0 amide bonds. The van der Waals surface area contributed by atoms with Crippen molar-refractivity contribution in [3.63, 3.8) is 0 Å². The van der Waals surface area contributed by atoms with Gasteiger partial charge < -0.3 is 4.74 Å². The molecule has 0 radical (unpaired) electrons. The number of hydrogen-bond donors (Lipinski definition) is 0. The molecule has 0 fully saturated rings. The number of sulfone groups is 1. The molecule has 1 aromatic carbocycles. The maximum Gasteiger partial charge on any atom is 0.147 e. The topological polar surface area (TPSA) is 43.4 Å². The van der Waals surface area contributed by atoms with E-state index in [1.807, 2.05) is 31.2 Å². The lowest BCUT2D eigenvalue weighted by Crippen LogP contribution is -2.08. The van der Waals surface area contributed by atoms with Crippen LogP contribution in [-0.4, -0.2) is 27.0 Å². The lowest BCUT2D eigenvalue weighted by molar-refractivity contribution is 0.315. The first kappa shape index (κ1) is 12.0. The van der Waals surface area contributed by atoms with Crippen LogP contribution in [0.15, 0.2) is 24.3 Å². The standard InChI is InChI=1S/C11H16O3S/c1-10-6-3-4-7-11(10)14-8-5-9-15(2,12)13/h3-4,6-7H,5,8-9H2,1-2H3. The molecule has 0 bridgehead atoms. The number of hydrogen-bond acceptors (Lipinski definition) is 3. The summed E-state index contributed by atoms with van der Waals surface area (Å²) in [5.41, 5.74) is 1.07. The third-order valence-electron chi connectivity index (χ3n) is 2.01. The van der Waals surface area contributed by atoms with Crippen molar-refractivity contribution >= 4 is 9.84 Å². The summed E-state index contributed by atoms with van der Waals surface area (Å²) in [6.45, 7) is 2.41. The molecule has 3 nitrogen and oxygen atoms in total. The van der Waals surface area contributed by atoms with Crippen molar-refractivity contribution in [1.82, 2.24) is 0 Å². The molecule has 0 aliphatic carbocycles. The maximum atomic E-state index is 10.9. The van der Waals surface area contributed by atoms with E-state index < -0.39 is 9.84 Å². The minimum atomic E-state index is -2.87. The van der Waals surface area contributed by atoms with Crippen molar-refractivity contribution in [2.75, 3.05) is 18.6 Å². The van der Waals surface area contributed by atoms with E-state index in [4.69, 9.17) is 4.74 Å². The van der Waals surface area contributed by atoms with E-state index in [1.165, 1.54) is 6.26 Å². The molecule has 1 rings (SSSR count). The number of para-hydroxylation sites is 1. The Kier molecular flexibility index (Phi) is 4.15. The molecule has 0 spiro atoms. The first-order valence-corrected chi connectivity index (χ1v) is 6.91. The zero-order valence-electron chi connectivity index (χ0n) is 9.06. The lowest BCUT2D eigenvalue weighted by Gasteiger charge is -2.07. The van der Waals surface area contributed by atoms with Gasteiger partial charge in [0.1, 0.15) is 15.6 Å². The Morgan fingerprint density at radius 3 is 2.53 bits per heavy atom. The summed E-state index contributed by atoms with van der Waals surface area (Å²) >= 11 is 0. The quantitative estimate of drug-likeness (QED) is 0.722. The van der Waals surface area contributed by atoms with Crippen molar-refractivity contribution < 1.29 is 13.2 Å². The van der Waals surface area contributed by atoms with Crippen LogP contribution in [0.3, 0.4) is 0 Å². The molecule has 0 unspecified atom stereocenters. The van der Waals surface area contributed by atoms with Crippen molar-refractivity contribution in [3.8, 4) is 5.75 Å². The fraction of sp³-hybridized carbons (Fsp3) is 0.455. The Balaban J connectivity index is 2.36. The van der Waals surface area contributed by atoms with Crippen LogP contribution in [0.1, 0.15) is 12.0 Å². The van der Waals surface area contributed by atoms with Gasteiger partial charge in [0.25, 0.3) is 0 Å². The number of ether oxygens (including phenoxy) is 1. The number of rotatable bonds is 5. The van der Waals surface area contributed by atoms with Gasteiger partial charge in [0.15, 0.2) is 0 Å². The fourth-order valence-electron chi connectivity index (χ4n) is 1.22. The summed E-state index contributed by atoms with van der Waals surface area (Å²) in [5, 5.41) is 0. The van der Waals surface area contributed by atoms with E-state index >= 15 is 0 Å². The molecule has 84 valence electrons. The number of benzene rings is 1. The largest absolute Gasteiger partial charge is 0.493 e. The average molecular weight is 228 g/mol. The Morgan fingerprint density at radius 1 is 1.27 bits per heavy atom. The van der Waals surface area contributed by atoms with Crippen LogP contribution >= 0.6 is 0 Å². The van der Waals surface area contributed by atoms with Crippen LogP contribution in [-0.2, 0) is 9.84 Å². The van der Waals surface area contributed by atoms with Gasteiger partial charge in [-0.3, -0.25) is 0 Å². The summed E-state index contributed by atoms with van der Waals surface area (Å²) in [7, 11) is -2.87. The summed E-state index contributed by atoms with van der Waals surface area (Å²) in [6, 6.07) is 7.69. The first-order valence-electron chi connectivity index (χ1n) is 4.85. The van der Waals surface area contributed by atoms with Crippen LogP contribution in [0.5, 0.6) is 5.75 Å². The predicted octanol–water partition coefficient (Wildman–Crippen LogP) is 1.81. The third kappa shape index (κ3) is 4.83. The van der Waals surface area contributed by atoms with Gasteiger partial charge in [0.05, 0.1) is 12.4 Å². The van der Waals surface area contributed by atoms with E-state index in [1.54, 1.807) is 0 Å². The molecule has 4 heteroatoms. The lowest BCUT2D eigenvalue weighted by atomic mass is 10.2. The van der Waals surface area contributed by atoms with Crippen molar-refractivity contribution in [1.29, 1.82) is 0 Å². The zero-order valence-corrected chi connectivity index (χ0v) is 9.88. The normalized spacial score (nSPS) is 11.3. The molecular formula is C11H16O3S. The van der Waals surface area contributed by atoms with Crippen LogP contribution in [0.2, 0.25) is 0 Å². The summed E-state index contributed by atoms with van der Waals surface area (Å²) in [6.07, 6.45) is 1.77. The van der Waals surface area contributed by atoms with Gasteiger partial charge in [0.2, 0.25) is 0 Å². The second kappa shape index (κ2) is 5.16. The molecule has 0 aliphatic heterocycles. The number of aryl methyl sites for hydroxylation is 1. The molecule has 0 atom stereocenters. The average Bonchev–Trinajstić information content (AvgIpc) is 2.13. The van der Waals surface area contributed by atoms with Gasteiger partial charge in [-0.25, -0.2) is 8.42 Å². The maximum absolute atomic E-state index is 10.9. The molecule has 0 aliphatic rings. The van der Waals surface area contributed by atoms with Crippen LogP contribution in [0.4, 0.5) is 0 Å². The Labute approximate surface area is 91.0 Å². The first-order chi connectivity index (χ1) is 6.99. The van der Waals surface area contributed by atoms with Crippen LogP contribution in [0, 0.1) is 6.92 Å². The zero-order chi connectivity index (χ0) is 11.3. The summed E-state index contributed by atoms with van der Waals surface area (Å²) in [4.78, 5) is 0. The van der Waals surface area contributed by atoms with Crippen LogP contribution in [0.25, 0.3) is 0 Å². The Hall–Kier alpha value is -1.03. The van der Waals surface area contributed by atoms with E-state index in [-0.39, 0.29) is 5.75 Å². The van der Waals surface area contributed by atoms with Gasteiger partial charge in [-0.15, -0.1) is 0 Å². The van der Waals surface area contributed by atoms with Gasteiger partial charge in [-0.1, -0.05) is 18.2 Å². The second-order valence-corrected chi connectivity index (χ2v) is 5.86. The minimum Gasteiger partial charge on any atom is -0.493 e. The minimum absolute atomic E-state index is 0.179. The van der Waals surface area contributed by atoms with Crippen molar-refractivity contribution in [3.05, 3.63) is 29.8 Å². The van der Waals surface area contributed by atoms with E-state index in [2.05, 4.69) is 0 Å². The summed E-state index contributed by atoms with van der Waals surface area (Å²) in [5.74, 6) is 1.00. The monoisotopic (exact) mass is 228 g/mol. The molecule has 0 aromatic heterocycles. The highest BCUT2D eigenvalue weighted by atomic mass is 32.2. The highest BCUT2D eigenvalue weighted by molar-refractivity contribution is 7.90. The van der Waals surface area contributed by atoms with Gasteiger partial charge in [0, 0.05) is 6.26 Å². The highest BCUT2D eigenvalue weighted by Gasteiger charge is 2.02. The molecule has 0 heterocycles. The van der Waals surface area contributed by atoms with Crippen molar-refractivity contribution in [2.24, 2.45) is 0 Å². The molecule has 0 saturated carbocycles. The fourth-order valence-corrected chi connectivity index (χ4v) is 1.86. The SMILES string of the molecule is Cc1ccccc1OCCCS(C)(=O)=O. The molecular weight excluding hydrogens is 212 g/mol. The smallest absolute Gasteiger partial charge is 0.147 e. The Morgan fingerprint density at radius 2 is 1.93 bits per heavy atom. The molecule has 0 saturated heterocycles. The highest BCUT2D eigenvalue weighted by Crippen LogP contribution is 2.16. The van der Waals surface area contributed by atoms with Gasteiger partial charge in [-0.05, 0) is 25.0 Å².